The first-order chi connectivity index (χ1) is 8.58. The molecule has 2 rings (SSSR count). The summed E-state index contributed by atoms with van der Waals surface area (Å²) in [6.07, 6.45) is 6.75. The summed E-state index contributed by atoms with van der Waals surface area (Å²) in [6, 6.07) is 0.908. The van der Waals surface area contributed by atoms with Crippen LogP contribution in [0.3, 0.4) is 0 Å². The van der Waals surface area contributed by atoms with Gasteiger partial charge in [-0.3, -0.25) is 0 Å². The third-order valence-electron chi connectivity index (χ3n) is 5.08. The highest BCUT2D eigenvalue weighted by Gasteiger charge is 2.33. The molecule has 3 heteroatoms. The van der Waals surface area contributed by atoms with Crippen LogP contribution in [0.4, 0.5) is 0 Å². The third-order valence-corrected chi connectivity index (χ3v) is 5.08. The van der Waals surface area contributed by atoms with Gasteiger partial charge in [-0.15, -0.1) is 0 Å². The highest BCUT2D eigenvalue weighted by atomic mass is 15.2. The zero-order valence-electron chi connectivity index (χ0n) is 12.4. The second-order valence-electron chi connectivity index (χ2n) is 6.77. The largest absolute Gasteiger partial charge is 0.326 e. The molecule has 2 fully saturated rings. The van der Waals surface area contributed by atoms with Gasteiger partial charge in [-0.1, -0.05) is 19.8 Å². The number of nitrogens with zero attached hydrogens (tertiary/aromatic N) is 2. The van der Waals surface area contributed by atoms with E-state index in [1.54, 1.807) is 0 Å². The Hall–Kier alpha value is -0.120. The predicted molar refractivity (Wildman–Crippen MR) is 77.6 cm³/mol. The highest BCUT2D eigenvalue weighted by Crippen LogP contribution is 2.32. The van der Waals surface area contributed by atoms with Crippen molar-refractivity contribution in [2.75, 3.05) is 33.7 Å². The van der Waals surface area contributed by atoms with Gasteiger partial charge in [0.25, 0.3) is 0 Å². The molecule has 2 aliphatic rings. The van der Waals surface area contributed by atoms with Crippen molar-refractivity contribution in [2.24, 2.45) is 17.6 Å². The van der Waals surface area contributed by atoms with E-state index in [4.69, 9.17) is 5.73 Å². The van der Waals surface area contributed by atoms with Gasteiger partial charge in [0.05, 0.1) is 0 Å². The first kappa shape index (κ1) is 14.3. The fourth-order valence-electron chi connectivity index (χ4n) is 3.87. The van der Waals surface area contributed by atoms with Crippen molar-refractivity contribution in [3.63, 3.8) is 0 Å². The smallest absolute Gasteiger partial charge is 0.0373 e. The molecule has 4 atom stereocenters. The van der Waals surface area contributed by atoms with E-state index in [-0.39, 0.29) is 0 Å². The molecule has 0 bridgehead atoms. The molecule has 1 saturated heterocycles. The van der Waals surface area contributed by atoms with Crippen LogP contribution >= 0.6 is 0 Å². The van der Waals surface area contributed by atoms with Crippen molar-refractivity contribution in [2.45, 2.75) is 51.1 Å². The van der Waals surface area contributed by atoms with Crippen LogP contribution in [-0.4, -0.2) is 55.6 Å². The van der Waals surface area contributed by atoms with Gasteiger partial charge in [0.2, 0.25) is 0 Å². The molecule has 1 heterocycles. The fraction of sp³-hybridized carbons (Fsp3) is 1.00. The Morgan fingerprint density at radius 3 is 2.61 bits per heavy atom. The van der Waals surface area contributed by atoms with E-state index >= 15 is 0 Å². The summed E-state index contributed by atoms with van der Waals surface area (Å²) in [5.41, 5.74) is 6.64. The number of hydrogen-bond donors (Lipinski definition) is 1. The van der Waals surface area contributed by atoms with Crippen molar-refractivity contribution in [1.82, 2.24) is 9.80 Å². The molecular weight excluding hydrogens is 222 g/mol. The van der Waals surface area contributed by atoms with Gasteiger partial charge in [0, 0.05) is 18.6 Å². The van der Waals surface area contributed by atoms with Gasteiger partial charge >= 0.3 is 0 Å². The molecule has 0 aromatic heterocycles. The molecule has 0 aromatic carbocycles. The van der Waals surface area contributed by atoms with E-state index in [2.05, 4.69) is 30.8 Å². The number of rotatable bonds is 2. The minimum absolute atomic E-state index is 0.360. The maximum absolute atomic E-state index is 6.64. The van der Waals surface area contributed by atoms with E-state index in [9.17, 15) is 0 Å². The van der Waals surface area contributed by atoms with Crippen LogP contribution in [0, 0.1) is 11.8 Å². The Labute approximate surface area is 113 Å². The van der Waals surface area contributed by atoms with Crippen LogP contribution in [0.25, 0.3) is 0 Å². The maximum atomic E-state index is 6.64. The molecule has 4 unspecified atom stereocenters. The summed E-state index contributed by atoms with van der Waals surface area (Å²) >= 11 is 0. The highest BCUT2D eigenvalue weighted by molar-refractivity contribution is 4.91. The molecule has 3 nitrogen and oxygen atoms in total. The molecule has 0 aromatic rings. The van der Waals surface area contributed by atoms with Gasteiger partial charge in [-0.25, -0.2) is 0 Å². The lowest BCUT2D eigenvalue weighted by Crippen LogP contribution is -2.54. The summed E-state index contributed by atoms with van der Waals surface area (Å²) in [4.78, 5) is 4.97. The molecule has 0 spiro atoms. The molecule has 0 amide bonds. The lowest BCUT2D eigenvalue weighted by atomic mass is 9.76. The Bertz CT molecular complexity index is 256. The molecule has 1 saturated carbocycles. The van der Waals surface area contributed by atoms with Crippen LogP contribution in [-0.2, 0) is 0 Å². The monoisotopic (exact) mass is 253 g/mol. The van der Waals surface area contributed by atoms with Crippen LogP contribution in [0.5, 0.6) is 0 Å². The summed E-state index contributed by atoms with van der Waals surface area (Å²) in [7, 11) is 4.50. The van der Waals surface area contributed by atoms with Crippen molar-refractivity contribution in [1.29, 1.82) is 0 Å². The summed E-state index contributed by atoms with van der Waals surface area (Å²) < 4.78 is 0. The summed E-state index contributed by atoms with van der Waals surface area (Å²) in [6.45, 7) is 5.95. The molecule has 1 aliphatic carbocycles. The van der Waals surface area contributed by atoms with Crippen LogP contribution in [0.1, 0.15) is 39.0 Å². The second kappa shape index (κ2) is 6.36. The average molecular weight is 253 g/mol. The van der Waals surface area contributed by atoms with Gasteiger partial charge in [0.15, 0.2) is 0 Å². The average Bonchev–Trinajstić information content (AvgIpc) is 2.50. The quantitative estimate of drug-likeness (QED) is 0.814. The van der Waals surface area contributed by atoms with E-state index < -0.39 is 0 Å². The summed E-state index contributed by atoms with van der Waals surface area (Å²) in [5.74, 6) is 1.62. The number of hydrogen-bond acceptors (Lipinski definition) is 3. The topological polar surface area (TPSA) is 32.5 Å². The SMILES string of the molecule is CC1CCCC(C(N)C2CN(C)CCCN2C)C1. The minimum atomic E-state index is 0.360. The Morgan fingerprint density at radius 1 is 1.11 bits per heavy atom. The lowest BCUT2D eigenvalue weighted by molar-refractivity contribution is 0.136. The zero-order valence-corrected chi connectivity index (χ0v) is 12.4. The van der Waals surface area contributed by atoms with Gasteiger partial charge in [-0.2, -0.15) is 0 Å². The third kappa shape index (κ3) is 3.46. The zero-order chi connectivity index (χ0) is 13.1. The number of nitrogens with two attached hydrogens (primary N) is 1. The van der Waals surface area contributed by atoms with Crippen molar-refractivity contribution in [3.05, 3.63) is 0 Å². The van der Waals surface area contributed by atoms with Gasteiger partial charge in [0.1, 0.15) is 0 Å². The first-order valence-electron chi connectivity index (χ1n) is 7.72. The second-order valence-corrected chi connectivity index (χ2v) is 6.77. The Morgan fingerprint density at radius 2 is 1.89 bits per heavy atom. The standard InChI is InChI=1S/C15H31N3/c1-12-6-4-7-13(10-12)15(16)14-11-17(2)8-5-9-18(14)3/h12-15H,4-11,16H2,1-3H3. The van der Waals surface area contributed by atoms with E-state index in [0.29, 0.717) is 12.1 Å². The molecule has 18 heavy (non-hydrogen) atoms. The normalized spacial score (nSPS) is 38.3. The number of likely N-dealkylation sites (N-methyl/N-ethyl adjacent to an activating group) is 2. The Balaban J connectivity index is 1.98. The van der Waals surface area contributed by atoms with E-state index in [1.807, 2.05) is 0 Å². The van der Waals surface area contributed by atoms with E-state index in [1.165, 1.54) is 45.2 Å². The van der Waals surface area contributed by atoms with Crippen molar-refractivity contribution in [3.8, 4) is 0 Å². The first-order valence-corrected chi connectivity index (χ1v) is 7.72. The Kier molecular flexibility index (Phi) is 5.05. The molecule has 2 N–H and O–H groups in total. The molecular formula is C15H31N3. The minimum Gasteiger partial charge on any atom is -0.326 e. The summed E-state index contributed by atoms with van der Waals surface area (Å²) in [5, 5.41) is 0. The van der Waals surface area contributed by atoms with Crippen molar-refractivity contribution < 1.29 is 0 Å². The molecule has 106 valence electrons. The van der Waals surface area contributed by atoms with Crippen LogP contribution in [0.2, 0.25) is 0 Å². The molecule has 0 radical (unpaired) electrons. The fourth-order valence-corrected chi connectivity index (χ4v) is 3.87. The van der Waals surface area contributed by atoms with Gasteiger partial charge < -0.3 is 15.5 Å². The van der Waals surface area contributed by atoms with Crippen LogP contribution < -0.4 is 5.73 Å². The lowest BCUT2D eigenvalue weighted by Gasteiger charge is -2.39. The van der Waals surface area contributed by atoms with Crippen molar-refractivity contribution >= 4 is 0 Å². The van der Waals surface area contributed by atoms with Crippen LogP contribution in [0.15, 0.2) is 0 Å². The van der Waals surface area contributed by atoms with E-state index in [0.717, 1.165) is 18.4 Å². The maximum Gasteiger partial charge on any atom is 0.0373 e. The predicted octanol–water partition coefficient (Wildman–Crippen LogP) is 1.78. The van der Waals surface area contributed by atoms with Gasteiger partial charge in [-0.05, 0) is 58.3 Å². The molecule has 1 aliphatic heterocycles.